The predicted octanol–water partition coefficient (Wildman–Crippen LogP) is 3.54. The summed E-state index contributed by atoms with van der Waals surface area (Å²) in [5, 5.41) is 4.37. The van der Waals surface area contributed by atoms with Crippen LogP contribution in [-0.4, -0.2) is 26.0 Å². The zero-order valence-corrected chi connectivity index (χ0v) is 14.4. The van der Waals surface area contributed by atoms with Crippen molar-refractivity contribution in [3.8, 4) is 22.8 Å². The molecule has 0 aliphatic carbocycles. The molecule has 0 N–H and O–H groups in total. The lowest BCUT2D eigenvalue weighted by Gasteiger charge is -2.06. The minimum absolute atomic E-state index is 0.295. The van der Waals surface area contributed by atoms with E-state index in [9.17, 15) is 0 Å². The van der Waals surface area contributed by atoms with Crippen molar-refractivity contribution in [2.75, 3.05) is 6.79 Å². The molecule has 6 heteroatoms. The van der Waals surface area contributed by atoms with Crippen molar-refractivity contribution in [2.24, 2.45) is 0 Å². The summed E-state index contributed by atoms with van der Waals surface area (Å²) in [4.78, 5) is 4.67. The molecule has 0 radical (unpaired) electrons. The van der Waals surface area contributed by atoms with Gasteiger partial charge in [0.05, 0.1) is 18.1 Å². The molecule has 0 spiro atoms. The highest BCUT2D eigenvalue weighted by molar-refractivity contribution is 5.64. The zero-order chi connectivity index (χ0) is 17.5. The van der Waals surface area contributed by atoms with E-state index in [0.29, 0.717) is 6.79 Å². The number of fused-ring (bicyclic) bond motifs is 2. The maximum absolute atomic E-state index is 5.49. The Morgan fingerprint density at radius 2 is 2.04 bits per heavy atom. The van der Waals surface area contributed by atoms with E-state index in [1.54, 1.807) is 0 Å². The molecule has 0 fully saturated rings. The fraction of sp³-hybridized carbons (Fsp3) is 0.200. The molecule has 5 rings (SSSR count). The van der Waals surface area contributed by atoms with Crippen molar-refractivity contribution in [2.45, 2.75) is 19.9 Å². The monoisotopic (exact) mass is 346 g/mol. The van der Waals surface area contributed by atoms with Gasteiger partial charge >= 0.3 is 0 Å². The Labute approximate surface area is 150 Å². The smallest absolute Gasteiger partial charge is 0.231 e. The highest BCUT2D eigenvalue weighted by Gasteiger charge is 2.15. The predicted molar refractivity (Wildman–Crippen MR) is 97.5 cm³/mol. The Morgan fingerprint density at radius 3 is 2.92 bits per heavy atom. The van der Waals surface area contributed by atoms with Gasteiger partial charge in [0, 0.05) is 30.9 Å². The standard InChI is InChI=1S/C20H18N4O2/c1-2-23-12-16(10-22-23)17-11-21-20-15(4-3-7-24(17)20)8-14-5-6-18-19(9-14)26-13-25-18/h3-7,9-12H,2,8,13H2,1H3. The van der Waals surface area contributed by atoms with Gasteiger partial charge < -0.3 is 9.47 Å². The van der Waals surface area contributed by atoms with Gasteiger partial charge in [0.1, 0.15) is 5.65 Å². The van der Waals surface area contributed by atoms with E-state index in [2.05, 4.69) is 39.6 Å². The highest BCUT2D eigenvalue weighted by atomic mass is 16.7. The van der Waals surface area contributed by atoms with Gasteiger partial charge in [0.25, 0.3) is 0 Å². The normalized spacial score (nSPS) is 12.8. The lowest BCUT2D eigenvalue weighted by atomic mass is 10.1. The van der Waals surface area contributed by atoms with E-state index in [1.807, 2.05) is 41.6 Å². The molecule has 0 unspecified atom stereocenters. The fourth-order valence-corrected chi connectivity index (χ4v) is 3.36. The molecule has 0 saturated heterocycles. The molecule has 0 saturated carbocycles. The second kappa shape index (κ2) is 5.91. The highest BCUT2D eigenvalue weighted by Crippen LogP contribution is 2.33. The Balaban J connectivity index is 1.53. The molecule has 4 heterocycles. The van der Waals surface area contributed by atoms with Gasteiger partial charge in [0.15, 0.2) is 11.5 Å². The van der Waals surface area contributed by atoms with Crippen molar-refractivity contribution in [1.29, 1.82) is 0 Å². The molecule has 3 aromatic heterocycles. The van der Waals surface area contributed by atoms with E-state index in [0.717, 1.165) is 41.4 Å². The SMILES string of the molecule is CCn1cc(-c2cnc3c(Cc4ccc5c(c4)OCO5)cccn23)cn1. The first kappa shape index (κ1) is 15.0. The Kier molecular flexibility index (Phi) is 3.41. The molecule has 0 bridgehead atoms. The minimum Gasteiger partial charge on any atom is -0.454 e. The van der Waals surface area contributed by atoms with Crippen LogP contribution < -0.4 is 9.47 Å². The Bertz CT molecular complexity index is 1100. The van der Waals surface area contributed by atoms with Crippen LogP contribution in [0, 0.1) is 0 Å². The Hall–Kier alpha value is -3.28. The molecule has 130 valence electrons. The van der Waals surface area contributed by atoms with Crippen molar-refractivity contribution in [1.82, 2.24) is 19.2 Å². The number of rotatable bonds is 4. The summed E-state index contributed by atoms with van der Waals surface area (Å²) in [5.41, 5.74) is 5.42. The number of hydrogen-bond donors (Lipinski definition) is 0. The number of aryl methyl sites for hydroxylation is 1. The van der Waals surface area contributed by atoms with Crippen LogP contribution >= 0.6 is 0 Å². The third-order valence-electron chi connectivity index (χ3n) is 4.70. The molecular weight excluding hydrogens is 328 g/mol. The summed E-state index contributed by atoms with van der Waals surface area (Å²) in [6.07, 6.45) is 8.68. The second-order valence-corrected chi connectivity index (χ2v) is 6.32. The van der Waals surface area contributed by atoms with Gasteiger partial charge in [-0.05, 0) is 36.2 Å². The van der Waals surface area contributed by atoms with E-state index >= 15 is 0 Å². The number of imidazole rings is 1. The van der Waals surface area contributed by atoms with Gasteiger partial charge in [-0.3, -0.25) is 9.08 Å². The molecule has 1 aliphatic rings. The maximum atomic E-state index is 5.49. The summed E-state index contributed by atoms with van der Waals surface area (Å²) >= 11 is 0. The first-order chi connectivity index (χ1) is 12.8. The molecule has 26 heavy (non-hydrogen) atoms. The van der Waals surface area contributed by atoms with E-state index < -0.39 is 0 Å². The maximum Gasteiger partial charge on any atom is 0.231 e. The Morgan fingerprint density at radius 1 is 1.12 bits per heavy atom. The van der Waals surface area contributed by atoms with Gasteiger partial charge in [-0.25, -0.2) is 4.98 Å². The summed E-state index contributed by atoms with van der Waals surface area (Å²) in [6, 6.07) is 10.3. The van der Waals surface area contributed by atoms with Crippen LogP contribution in [-0.2, 0) is 13.0 Å². The summed E-state index contributed by atoms with van der Waals surface area (Å²) in [5.74, 6) is 1.62. The molecule has 1 aliphatic heterocycles. The molecule has 6 nitrogen and oxygen atoms in total. The number of nitrogens with zero attached hydrogens (tertiary/aromatic N) is 4. The van der Waals surface area contributed by atoms with Crippen LogP contribution in [0.5, 0.6) is 11.5 Å². The van der Waals surface area contributed by atoms with Crippen LogP contribution in [0.15, 0.2) is 55.1 Å². The lowest BCUT2D eigenvalue weighted by molar-refractivity contribution is 0.174. The average molecular weight is 346 g/mol. The summed E-state index contributed by atoms with van der Waals surface area (Å²) in [7, 11) is 0. The molecule has 0 atom stereocenters. The average Bonchev–Trinajstić information content (AvgIpc) is 3.40. The lowest BCUT2D eigenvalue weighted by Crippen LogP contribution is -1.95. The van der Waals surface area contributed by atoms with Gasteiger partial charge in [-0.1, -0.05) is 12.1 Å². The van der Waals surface area contributed by atoms with Crippen LogP contribution in [0.2, 0.25) is 0 Å². The van der Waals surface area contributed by atoms with E-state index in [-0.39, 0.29) is 0 Å². The number of hydrogen-bond acceptors (Lipinski definition) is 4. The topological polar surface area (TPSA) is 53.6 Å². The first-order valence-electron chi connectivity index (χ1n) is 8.68. The van der Waals surface area contributed by atoms with Crippen LogP contribution in [0.1, 0.15) is 18.1 Å². The number of benzene rings is 1. The fourth-order valence-electron chi connectivity index (χ4n) is 3.36. The van der Waals surface area contributed by atoms with Crippen molar-refractivity contribution in [3.63, 3.8) is 0 Å². The van der Waals surface area contributed by atoms with Gasteiger partial charge in [0.2, 0.25) is 6.79 Å². The second-order valence-electron chi connectivity index (χ2n) is 6.32. The van der Waals surface area contributed by atoms with Gasteiger partial charge in [-0.2, -0.15) is 5.10 Å². The van der Waals surface area contributed by atoms with Crippen molar-refractivity contribution in [3.05, 3.63) is 66.2 Å². The van der Waals surface area contributed by atoms with E-state index in [1.165, 1.54) is 11.1 Å². The number of pyridine rings is 1. The van der Waals surface area contributed by atoms with Crippen LogP contribution in [0.25, 0.3) is 16.9 Å². The third kappa shape index (κ3) is 2.42. The van der Waals surface area contributed by atoms with E-state index in [4.69, 9.17) is 9.47 Å². The summed E-state index contributed by atoms with van der Waals surface area (Å²) < 4.78 is 14.9. The number of aromatic nitrogens is 4. The van der Waals surface area contributed by atoms with Crippen molar-refractivity contribution < 1.29 is 9.47 Å². The minimum atomic E-state index is 0.295. The van der Waals surface area contributed by atoms with Crippen LogP contribution in [0.4, 0.5) is 0 Å². The molecular formula is C20H18N4O2. The molecule has 4 aromatic rings. The van der Waals surface area contributed by atoms with Crippen molar-refractivity contribution >= 4 is 5.65 Å². The molecule has 1 aromatic carbocycles. The number of ether oxygens (including phenoxy) is 2. The molecule has 0 amide bonds. The van der Waals surface area contributed by atoms with Crippen LogP contribution in [0.3, 0.4) is 0 Å². The quantitative estimate of drug-likeness (QED) is 0.567. The largest absolute Gasteiger partial charge is 0.454 e. The third-order valence-corrected chi connectivity index (χ3v) is 4.70. The first-order valence-corrected chi connectivity index (χ1v) is 8.68. The summed E-state index contributed by atoms with van der Waals surface area (Å²) in [6.45, 7) is 3.23. The zero-order valence-electron chi connectivity index (χ0n) is 14.4. The van der Waals surface area contributed by atoms with Gasteiger partial charge in [-0.15, -0.1) is 0 Å².